The third kappa shape index (κ3) is 8.89. The molecule has 1 aliphatic heterocycles. The van der Waals surface area contributed by atoms with Crippen LogP contribution in [0.1, 0.15) is 96.5 Å². The van der Waals surface area contributed by atoms with E-state index in [9.17, 15) is 0 Å². The third-order valence-electron chi connectivity index (χ3n) is 14.3. The van der Waals surface area contributed by atoms with E-state index < -0.39 is 0 Å². The molecule has 3 aliphatic rings. The van der Waals surface area contributed by atoms with E-state index in [4.69, 9.17) is 34.6 Å². The molecule has 2 aliphatic carbocycles. The fraction of sp³-hybridized carbons (Fsp3) is 0.188. The standard InChI is InChI=1S/C64H56N6O/c1-40-18-7-11-22-44(40)38-39-56-65-59(67-61(66-56)49-25-12-8-19-41(49)2)47-24-15-23-45(32-35-47)52-28-16-30-54-57(52)71-58-53(29-17-31-55(58)64(54,5)6)46-33-36-48(37-34-46)60-68-62(50-26-13-9-20-42(50)3)70-63(69-60)51-27-14-10-21-43(51)4/h7,9-11,13-22,24-37H,8,12,23,38-39H2,1-6H3. The van der Waals surface area contributed by atoms with Gasteiger partial charge in [0.15, 0.2) is 29.1 Å². The molecule has 7 nitrogen and oxygen atoms in total. The van der Waals surface area contributed by atoms with Crippen molar-refractivity contribution in [2.75, 3.05) is 0 Å². The summed E-state index contributed by atoms with van der Waals surface area (Å²) in [7, 11) is 0. The molecule has 7 heteroatoms. The number of aromatic nitrogens is 6. The summed E-state index contributed by atoms with van der Waals surface area (Å²) in [5.41, 5.74) is 17.2. The van der Waals surface area contributed by atoms with Crippen LogP contribution in [0.15, 0.2) is 175 Å². The number of allylic oxidation sites excluding steroid dienone is 10. The zero-order valence-corrected chi connectivity index (χ0v) is 41.3. The molecule has 0 spiro atoms. The number of nitrogens with zero attached hydrogens (tertiary/aromatic N) is 6. The van der Waals surface area contributed by atoms with Crippen molar-refractivity contribution in [3.8, 4) is 56.8 Å². The molecule has 8 aromatic rings. The first-order chi connectivity index (χ1) is 34.6. The van der Waals surface area contributed by atoms with Crippen molar-refractivity contribution in [2.24, 2.45) is 0 Å². The van der Waals surface area contributed by atoms with Gasteiger partial charge >= 0.3 is 0 Å². The second-order valence-electron chi connectivity index (χ2n) is 19.4. The van der Waals surface area contributed by atoms with Gasteiger partial charge in [-0.1, -0.05) is 184 Å². The van der Waals surface area contributed by atoms with Crippen LogP contribution >= 0.6 is 0 Å². The van der Waals surface area contributed by atoms with Crippen LogP contribution in [-0.4, -0.2) is 29.9 Å². The van der Waals surface area contributed by atoms with Gasteiger partial charge in [-0.15, -0.1) is 0 Å². The third-order valence-corrected chi connectivity index (χ3v) is 14.3. The van der Waals surface area contributed by atoms with Crippen LogP contribution < -0.4 is 4.74 Å². The van der Waals surface area contributed by atoms with E-state index in [1.807, 2.05) is 24.3 Å². The summed E-state index contributed by atoms with van der Waals surface area (Å²) in [6.45, 7) is 13.1. The number of ether oxygens (including phenoxy) is 1. The highest BCUT2D eigenvalue weighted by Gasteiger charge is 2.37. The van der Waals surface area contributed by atoms with Gasteiger partial charge in [0.05, 0.1) is 0 Å². The van der Waals surface area contributed by atoms with Gasteiger partial charge in [0.2, 0.25) is 0 Å². The minimum absolute atomic E-state index is 0.337. The summed E-state index contributed by atoms with van der Waals surface area (Å²) >= 11 is 0. The first-order valence-corrected chi connectivity index (χ1v) is 24.8. The highest BCUT2D eigenvalue weighted by atomic mass is 16.5. The number of hydrogen-bond acceptors (Lipinski definition) is 7. The van der Waals surface area contributed by atoms with Crippen molar-refractivity contribution in [2.45, 2.75) is 79.1 Å². The Hall–Kier alpha value is -8.16. The number of benzene rings is 6. The molecule has 2 aromatic heterocycles. The predicted octanol–water partition coefficient (Wildman–Crippen LogP) is 15.4. The van der Waals surface area contributed by atoms with Crippen molar-refractivity contribution in [1.82, 2.24) is 29.9 Å². The summed E-state index contributed by atoms with van der Waals surface area (Å²) in [5.74, 6) is 5.92. The summed E-state index contributed by atoms with van der Waals surface area (Å²) in [6.07, 6.45) is 17.6. The molecule has 11 rings (SSSR count). The quantitative estimate of drug-likeness (QED) is 0.135. The molecule has 0 saturated carbocycles. The number of para-hydroxylation sites is 2. The topological polar surface area (TPSA) is 86.6 Å². The smallest absolute Gasteiger partial charge is 0.164 e. The molecule has 0 bridgehead atoms. The van der Waals surface area contributed by atoms with Gasteiger partial charge in [0, 0.05) is 61.9 Å². The molecule has 6 aromatic carbocycles. The Bertz CT molecular complexity index is 3490. The predicted molar refractivity (Wildman–Crippen MR) is 289 cm³/mol. The molecule has 348 valence electrons. The molecular weight excluding hydrogens is 869 g/mol. The lowest BCUT2D eigenvalue weighted by Gasteiger charge is -2.36. The maximum atomic E-state index is 7.22. The van der Waals surface area contributed by atoms with Crippen molar-refractivity contribution < 1.29 is 4.74 Å². The maximum absolute atomic E-state index is 7.22. The normalized spacial score (nSPS) is 14.8. The van der Waals surface area contributed by atoms with Crippen LogP contribution in [0.4, 0.5) is 0 Å². The van der Waals surface area contributed by atoms with E-state index in [1.54, 1.807) is 0 Å². The van der Waals surface area contributed by atoms with Crippen LogP contribution in [0.5, 0.6) is 11.5 Å². The fourth-order valence-electron chi connectivity index (χ4n) is 10.2. The summed E-state index contributed by atoms with van der Waals surface area (Å²) in [5, 5.41) is 0. The Balaban J connectivity index is 0.930. The van der Waals surface area contributed by atoms with E-state index in [0.29, 0.717) is 23.3 Å². The SMILES string of the molecule is CC1=CCCC=C1c1nc(CCc2ccccc2C)nc(C2=CC=C(c3cccc4c3Oc3c(-c5ccc(-c6nc(-c7ccccc7C)nc(-c7ccccc7C)n6)cc5)cccc3C4(C)C)CC=C2)n1. The summed E-state index contributed by atoms with van der Waals surface area (Å²) in [6, 6.07) is 46.7. The fourth-order valence-corrected chi connectivity index (χ4v) is 10.2. The zero-order chi connectivity index (χ0) is 48.6. The van der Waals surface area contributed by atoms with Crippen LogP contribution in [0.2, 0.25) is 0 Å². The average Bonchev–Trinajstić information content (AvgIpc) is 3.65. The summed E-state index contributed by atoms with van der Waals surface area (Å²) < 4.78 is 7.22. The molecular formula is C64H56N6O. The lowest BCUT2D eigenvalue weighted by molar-refractivity contribution is 0.418. The van der Waals surface area contributed by atoms with Gasteiger partial charge in [-0.05, 0) is 92.3 Å². The minimum Gasteiger partial charge on any atom is -0.455 e. The van der Waals surface area contributed by atoms with Gasteiger partial charge in [0.1, 0.15) is 17.3 Å². The number of hydrogen-bond donors (Lipinski definition) is 0. The number of fused-ring (bicyclic) bond motifs is 2. The first kappa shape index (κ1) is 45.3. The molecule has 0 atom stereocenters. The van der Waals surface area contributed by atoms with Crippen LogP contribution in [-0.2, 0) is 18.3 Å². The first-order valence-electron chi connectivity index (χ1n) is 24.8. The molecule has 71 heavy (non-hydrogen) atoms. The van der Waals surface area contributed by atoms with Gasteiger partial charge in [0.25, 0.3) is 0 Å². The molecule has 0 N–H and O–H groups in total. The lowest BCUT2D eigenvalue weighted by atomic mass is 9.73. The van der Waals surface area contributed by atoms with Crippen molar-refractivity contribution in [1.29, 1.82) is 0 Å². The molecule has 0 saturated heterocycles. The van der Waals surface area contributed by atoms with E-state index in [0.717, 1.165) is 128 Å². The molecule has 0 fully saturated rings. The number of aryl methyl sites for hydroxylation is 5. The highest BCUT2D eigenvalue weighted by molar-refractivity contribution is 5.84. The van der Waals surface area contributed by atoms with Crippen LogP contribution in [0.3, 0.4) is 0 Å². The van der Waals surface area contributed by atoms with Gasteiger partial charge in [-0.2, -0.15) is 0 Å². The molecule has 0 radical (unpaired) electrons. The number of rotatable bonds is 10. The van der Waals surface area contributed by atoms with Crippen molar-refractivity contribution >= 4 is 16.7 Å². The molecule has 0 amide bonds. The second-order valence-corrected chi connectivity index (χ2v) is 19.4. The average molecular weight is 925 g/mol. The Kier molecular flexibility index (Phi) is 12.1. The molecule has 3 heterocycles. The Morgan fingerprint density at radius 3 is 1.72 bits per heavy atom. The van der Waals surface area contributed by atoms with E-state index in [-0.39, 0.29) is 5.41 Å². The maximum Gasteiger partial charge on any atom is 0.164 e. The highest BCUT2D eigenvalue weighted by Crippen LogP contribution is 2.53. The van der Waals surface area contributed by atoms with Crippen molar-refractivity contribution in [3.63, 3.8) is 0 Å². The van der Waals surface area contributed by atoms with Crippen LogP contribution in [0, 0.1) is 20.8 Å². The second kappa shape index (κ2) is 19.0. The van der Waals surface area contributed by atoms with Gasteiger partial charge in [-0.3, -0.25) is 0 Å². The zero-order valence-electron chi connectivity index (χ0n) is 41.3. The Morgan fingerprint density at radius 1 is 0.479 bits per heavy atom. The van der Waals surface area contributed by atoms with Crippen LogP contribution in [0.25, 0.3) is 62.0 Å². The summed E-state index contributed by atoms with van der Waals surface area (Å²) in [4.78, 5) is 30.5. The van der Waals surface area contributed by atoms with E-state index >= 15 is 0 Å². The van der Waals surface area contributed by atoms with Gasteiger partial charge < -0.3 is 4.74 Å². The van der Waals surface area contributed by atoms with Gasteiger partial charge in [-0.25, -0.2) is 29.9 Å². The van der Waals surface area contributed by atoms with Crippen molar-refractivity contribution in [3.05, 3.63) is 232 Å². The van der Waals surface area contributed by atoms with E-state index in [2.05, 4.69) is 187 Å². The lowest BCUT2D eigenvalue weighted by Crippen LogP contribution is -2.25. The Labute approximate surface area is 417 Å². The molecule has 0 unspecified atom stereocenters. The minimum atomic E-state index is -0.337. The Morgan fingerprint density at radius 2 is 1.04 bits per heavy atom. The van der Waals surface area contributed by atoms with E-state index in [1.165, 1.54) is 16.7 Å². The largest absolute Gasteiger partial charge is 0.455 e. The monoisotopic (exact) mass is 924 g/mol.